The maximum atomic E-state index is 10.1. The van der Waals surface area contributed by atoms with Gasteiger partial charge in [-0.05, 0) is 33.4 Å². The molecule has 1 unspecified atom stereocenters. The molecule has 1 heterocycles. The van der Waals surface area contributed by atoms with E-state index in [1.165, 1.54) is 19.3 Å². The molecule has 1 atom stereocenters. The Labute approximate surface area is 116 Å². The lowest BCUT2D eigenvalue weighted by molar-refractivity contribution is 0.0124. The number of nitrogens with one attached hydrogen (secondary N) is 1. The maximum absolute atomic E-state index is 10.1. The van der Waals surface area contributed by atoms with E-state index in [0.29, 0.717) is 12.1 Å². The van der Waals surface area contributed by atoms with E-state index in [0.717, 1.165) is 39.4 Å². The molecule has 0 amide bonds. The second kappa shape index (κ2) is 6.99. The Morgan fingerprint density at radius 2 is 2.00 bits per heavy atom. The van der Waals surface area contributed by atoms with Crippen LogP contribution in [0.15, 0.2) is 0 Å². The lowest BCUT2D eigenvalue weighted by atomic mass is 9.75. The summed E-state index contributed by atoms with van der Waals surface area (Å²) in [5.41, 5.74) is 0.332. The molecule has 0 aromatic heterocycles. The Bertz CT molecular complexity index is 263. The number of morpholine rings is 1. The van der Waals surface area contributed by atoms with Crippen molar-refractivity contribution in [2.75, 3.05) is 60.0 Å². The summed E-state index contributed by atoms with van der Waals surface area (Å²) >= 11 is 0. The minimum Gasteiger partial charge on any atom is -0.390 e. The van der Waals surface area contributed by atoms with Crippen LogP contribution in [-0.4, -0.2) is 86.6 Å². The van der Waals surface area contributed by atoms with Gasteiger partial charge in [0.1, 0.15) is 0 Å². The number of β-amino-alcohol motifs (C(OH)–C–C–N with tert-alkyl or cyclic N) is 1. The zero-order chi connectivity index (χ0) is 13.7. The van der Waals surface area contributed by atoms with Crippen LogP contribution >= 0.6 is 0 Å². The summed E-state index contributed by atoms with van der Waals surface area (Å²) in [7, 11) is 4.32. The third kappa shape index (κ3) is 4.13. The summed E-state index contributed by atoms with van der Waals surface area (Å²) in [6.45, 7) is 5.91. The summed E-state index contributed by atoms with van der Waals surface area (Å²) in [5.74, 6) is 0. The fraction of sp³-hybridized carbons (Fsp3) is 1.00. The van der Waals surface area contributed by atoms with Gasteiger partial charge in [0.15, 0.2) is 0 Å². The number of hydrogen-bond donors (Lipinski definition) is 2. The molecule has 2 fully saturated rings. The summed E-state index contributed by atoms with van der Waals surface area (Å²) in [6.07, 6.45) is 3.59. The van der Waals surface area contributed by atoms with Gasteiger partial charge < -0.3 is 20.1 Å². The molecule has 19 heavy (non-hydrogen) atoms. The lowest BCUT2D eigenvalue weighted by Gasteiger charge is -2.47. The Balaban J connectivity index is 1.62. The molecule has 1 saturated heterocycles. The number of aliphatic hydroxyl groups excluding tert-OH is 1. The molecule has 0 aromatic rings. The van der Waals surface area contributed by atoms with Crippen LogP contribution in [0.4, 0.5) is 0 Å². The second-order valence-corrected chi connectivity index (χ2v) is 6.17. The Kier molecular flexibility index (Phi) is 5.59. The van der Waals surface area contributed by atoms with Gasteiger partial charge in [-0.15, -0.1) is 0 Å². The highest BCUT2D eigenvalue weighted by atomic mass is 16.5. The van der Waals surface area contributed by atoms with E-state index in [1.807, 2.05) is 0 Å². The van der Waals surface area contributed by atoms with E-state index in [-0.39, 0.29) is 6.10 Å². The van der Waals surface area contributed by atoms with Gasteiger partial charge in [0.05, 0.1) is 19.3 Å². The predicted molar refractivity (Wildman–Crippen MR) is 76.4 cm³/mol. The molecule has 1 aliphatic heterocycles. The average Bonchev–Trinajstić information content (AvgIpc) is 2.33. The van der Waals surface area contributed by atoms with Crippen LogP contribution in [-0.2, 0) is 4.74 Å². The number of hydrogen-bond acceptors (Lipinski definition) is 5. The van der Waals surface area contributed by atoms with Crippen molar-refractivity contribution in [2.24, 2.45) is 0 Å². The minimum atomic E-state index is -0.280. The van der Waals surface area contributed by atoms with Crippen molar-refractivity contribution in [3.63, 3.8) is 0 Å². The predicted octanol–water partition coefficient (Wildman–Crippen LogP) is -0.247. The number of aliphatic hydroxyl groups is 1. The van der Waals surface area contributed by atoms with Gasteiger partial charge in [0, 0.05) is 38.3 Å². The van der Waals surface area contributed by atoms with E-state index in [4.69, 9.17) is 4.74 Å². The number of likely N-dealkylation sites (N-methyl/N-ethyl adjacent to an activating group) is 1. The zero-order valence-corrected chi connectivity index (χ0v) is 12.4. The molecule has 2 rings (SSSR count). The summed E-state index contributed by atoms with van der Waals surface area (Å²) < 4.78 is 5.31. The van der Waals surface area contributed by atoms with Crippen LogP contribution in [0.1, 0.15) is 19.3 Å². The molecular formula is C14H29N3O2. The van der Waals surface area contributed by atoms with Crippen molar-refractivity contribution < 1.29 is 9.84 Å². The first-order valence-corrected chi connectivity index (χ1v) is 7.49. The highest BCUT2D eigenvalue weighted by Gasteiger charge is 2.38. The standard InChI is InChI=1S/C14H29N3O2/c1-16(2)14(4-3-5-14)12-15-10-13(18)11-17-6-8-19-9-7-17/h13,15,18H,3-12H2,1-2H3. The molecule has 0 radical (unpaired) electrons. The van der Waals surface area contributed by atoms with Crippen LogP contribution in [0.25, 0.3) is 0 Å². The van der Waals surface area contributed by atoms with E-state index < -0.39 is 0 Å². The molecule has 2 N–H and O–H groups in total. The fourth-order valence-corrected chi connectivity index (χ4v) is 2.98. The average molecular weight is 271 g/mol. The van der Waals surface area contributed by atoms with Crippen LogP contribution in [0, 0.1) is 0 Å². The summed E-state index contributed by atoms with van der Waals surface area (Å²) in [5, 5.41) is 13.5. The van der Waals surface area contributed by atoms with E-state index in [2.05, 4.69) is 29.2 Å². The minimum absolute atomic E-state index is 0.280. The highest BCUT2D eigenvalue weighted by molar-refractivity contribution is 4.97. The molecule has 5 nitrogen and oxygen atoms in total. The van der Waals surface area contributed by atoms with Gasteiger partial charge >= 0.3 is 0 Å². The molecule has 1 aliphatic carbocycles. The monoisotopic (exact) mass is 271 g/mol. The van der Waals surface area contributed by atoms with Gasteiger partial charge in [0.2, 0.25) is 0 Å². The van der Waals surface area contributed by atoms with Crippen molar-refractivity contribution >= 4 is 0 Å². The Morgan fingerprint density at radius 3 is 2.53 bits per heavy atom. The van der Waals surface area contributed by atoms with E-state index in [9.17, 15) is 5.11 Å². The molecule has 1 saturated carbocycles. The van der Waals surface area contributed by atoms with Gasteiger partial charge in [-0.3, -0.25) is 4.90 Å². The number of rotatable bonds is 7. The number of nitrogens with zero attached hydrogens (tertiary/aromatic N) is 2. The molecule has 0 aromatic carbocycles. The third-order valence-corrected chi connectivity index (χ3v) is 4.64. The quantitative estimate of drug-likeness (QED) is 0.669. The summed E-state index contributed by atoms with van der Waals surface area (Å²) in [6, 6.07) is 0. The molecular weight excluding hydrogens is 242 g/mol. The van der Waals surface area contributed by atoms with Gasteiger partial charge in [-0.25, -0.2) is 0 Å². The molecule has 0 bridgehead atoms. The van der Waals surface area contributed by atoms with Crippen molar-refractivity contribution in [1.82, 2.24) is 15.1 Å². The SMILES string of the molecule is CN(C)C1(CNCC(O)CN2CCOCC2)CCC1. The fourth-order valence-electron chi connectivity index (χ4n) is 2.98. The highest BCUT2D eigenvalue weighted by Crippen LogP contribution is 2.35. The normalized spacial score (nSPS) is 25.3. The zero-order valence-electron chi connectivity index (χ0n) is 12.4. The van der Waals surface area contributed by atoms with Crippen molar-refractivity contribution in [2.45, 2.75) is 30.9 Å². The van der Waals surface area contributed by atoms with Gasteiger partial charge in [-0.2, -0.15) is 0 Å². The van der Waals surface area contributed by atoms with E-state index >= 15 is 0 Å². The molecule has 2 aliphatic rings. The smallest absolute Gasteiger partial charge is 0.0791 e. The third-order valence-electron chi connectivity index (χ3n) is 4.64. The summed E-state index contributed by atoms with van der Waals surface area (Å²) in [4.78, 5) is 4.61. The Hall–Kier alpha value is -0.200. The van der Waals surface area contributed by atoms with Gasteiger partial charge in [0.25, 0.3) is 0 Å². The van der Waals surface area contributed by atoms with E-state index in [1.54, 1.807) is 0 Å². The van der Waals surface area contributed by atoms with Gasteiger partial charge in [-0.1, -0.05) is 0 Å². The molecule has 0 spiro atoms. The van der Waals surface area contributed by atoms with Crippen LogP contribution < -0.4 is 5.32 Å². The first-order chi connectivity index (χ1) is 9.12. The number of ether oxygens (including phenoxy) is 1. The first-order valence-electron chi connectivity index (χ1n) is 7.49. The van der Waals surface area contributed by atoms with Crippen molar-refractivity contribution in [3.8, 4) is 0 Å². The van der Waals surface area contributed by atoms with Crippen LogP contribution in [0.3, 0.4) is 0 Å². The topological polar surface area (TPSA) is 48.0 Å². The first kappa shape index (κ1) is 15.2. The van der Waals surface area contributed by atoms with Crippen molar-refractivity contribution in [1.29, 1.82) is 0 Å². The maximum Gasteiger partial charge on any atom is 0.0791 e. The van der Waals surface area contributed by atoms with Crippen LogP contribution in [0.5, 0.6) is 0 Å². The van der Waals surface area contributed by atoms with Crippen molar-refractivity contribution in [3.05, 3.63) is 0 Å². The largest absolute Gasteiger partial charge is 0.390 e. The Morgan fingerprint density at radius 1 is 1.32 bits per heavy atom. The van der Waals surface area contributed by atoms with Crippen LogP contribution in [0.2, 0.25) is 0 Å². The second-order valence-electron chi connectivity index (χ2n) is 6.17. The lowest BCUT2D eigenvalue weighted by Crippen LogP contribution is -2.57. The molecule has 112 valence electrons. The molecule has 5 heteroatoms.